The van der Waals surface area contributed by atoms with E-state index in [0.717, 1.165) is 12.5 Å². The Morgan fingerprint density at radius 3 is 2.30 bits per heavy atom. The zero-order valence-electron chi connectivity index (χ0n) is 13.6. The van der Waals surface area contributed by atoms with Gasteiger partial charge in [0.15, 0.2) is 0 Å². The molecular weight excluding hydrogens is 252 g/mol. The zero-order valence-corrected chi connectivity index (χ0v) is 13.6. The molecule has 0 unspecified atom stereocenters. The summed E-state index contributed by atoms with van der Waals surface area (Å²) in [7, 11) is 0. The van der Waals surface area contributed by atoms with Crippen LogP contribution >= 0.6 is 0 Å². The van der Waals surface area contributed by atoms with Crippen LogP contribution in [0.2, 0.25) is 0 Å². The molecule has 118 valence electrons. The summed E-state index contributed by atoms with van der Waals surface area (Å²) in [5, 5.41) is 6.31. The molecule has 0 aromatic carbocycles. The van der Waals surface area contributed by atoms with Gasteiger partial charge < -0.3 is 15.4 Å². The average Bonchev–Trinajstić information content (AvgIpc) is 2.61. The van der Waals surface area contributed by atoms with Gasteiger partial charge >= 0.3 is 6.09 Å². The largest absolute Gasteiger partial charge is 0.444 e. The van der Waals surface area contributed by atoms with Crippen LogP contribution in [0.4, 0.5) is 4.79 Å². The van der Waals surface area contributed by atoms with Gasteiger partial charge in [0.2, 0.25) is 0 Å². The maximum atomic E-state index is 11.5. The van der Waals surface area contributed by atoms with E-state index in [2.05, 4.69) is 17.6 Å². The van der Waals surface area contributed by atoms with Gasteiger partial charge in [-0.05, 0) is 46.5 Å². The molecule has 0 spiro atoms. The van der Waals surface area contributed by atoms with Gasteiger partial charge in [-0.25, -0.2) is 4.79 Å². The molecule has 1 saturated carbocycles. The average molecular weight is 284 g/mol. The van der Waals surface area contributed by atoms with E-state index in [1.54, 1.807) is 0 Å². The molecule has 0 heterocycles. The Morgan fingerprint density at radius 1 is 1.15 bits per heavy atom. The molecule has 0 aliphatic heterocycles. The lowest BCUT2D eigenvalue weighted by Crippen LogP contribution is -2.40. The van der Waals surface area contributed by atoms with E-state index in [9.17, 15) is 4.79 Å². The number of carbonyl (C=O) groups excluding carboxylic acids is 1. The van der Waals surface area contributed by atoms with Crippen molar-refractivity contribution in [1.82, 2.24) is 10.6 Å². The molecule has 4 nitrogen and oxygen atoms in total. The fourth-order valence-corrected chi connectivity index (χ4v) is 2.76. The van der Waals surface area contributed by atoms with Crippen molar-refractivity contribution in [3.8, 4) is 0 Å². The Labute approximate surface area is 124 Å². The van der Waals surface area contributed by atoms with Crippen molar-refractivity contribution in [2.75, 3.05) is 13.1 Å². The number of alkyl carbamates (subject to hydrolysis) is 1. The molecule has 2 N–H and O–H groups in total. The molecule has 4 heteroatoms. The second kappa shape index (κ2) is 8.50. The van der Waals surface area contributed by atoms with Crippen molar-refractivity contribution in [1.29, 1.82) is 0 Å². The van der Waals surface area contributed by atoms with Gasteiger partial charge in [-0.1, -0.05) is 25.7 Å². The van der Waals surface area contributed by atoms with E-state index >= 15 is 0 Å². The van der Waals surface area contributed by atoms with Crippen molar-refractivity contribution in [3.63, 3.8) is 0 Å². The van der Waals surface area contributed by atoms with Crippen LogP contribution in [0, 0.1) is 5.92 Å². The van der Waals surface area contributed by atoms with Gasteiger partial charge in [0.05, 0.1) is 0 Å². The minimum atomic E-state index is -0.425. The number of carbonyl (C=O) groups is 1. The van der Waals surface area contributed by atoms with Gasteiger partial charge in [-0.2, -0.15) is 0 Å². The molecule has 1 fully saturated rings. The van der Waals surface area contributed by atoms with Crippen LogP contribution in [0.15, 0.2) is 0 Å². The molecule has 0 aromatic heterocycles. The first-order valence-corrected chi connectivity index (χ1v) is 8.09. The second-order valence-corrected chi connectivity index (χ2v) is 6.92. The van der Waals surface area contributed by atoms with Crippen LogP contribution < -0.4 is 10.6 Å². The predicted molar refractivity (Wildman–Crippen MR) is 82.9 cm³/mol. The molecule has 0 bridgehead atoms. The van der Waals surface area contributed by atoms with Crippen LogP contribution in [0.25, 0.3) is 0 Å². The summed E-state index contributed by atoms with van der Waals surface area (Å²) < 4.78 is 5.20. The molecule has 20 heavy (non-hydrogen) atoms. The number of nitrogens with one attached hydrogen (secondary N) is 2. The highest BCUT2D eigenvalue weighted by molar-refractivity contribution is 5.67. The highest BCUT2D eigenvalue weighted by Gasteiger charge is 2.19. The molecular formula is C16H32N2O2. The first-order chi connectivity index (χ1) is 9.38. The first-order valence-electron chi connectivity index (χ1n) is 8.09. The van der Waals surface area contributed by atoms with Gasteiger partial charge in [0, 0.05) is 19.1 Å². The van der Waals surface area contributed by atoms with Gasteiger partial charge in [-0.3, -0.25) is 0 Å². The normalized spacial score (nSPS) is 19.2. The number of amides is 1. The molecule has 0 radical (unpaired) electrons. The van der Waals surface area contributed by atoms with E-state index in [1.165, 1.54) is 38.5 Å². The van der Waals surface area contributed by atoms with Crippen LogP contribution in [0.5, 0.6) is 0 Å². The molecule has 1 amide bonds. The van der Waals surface area contributed by atoms with Crippen LogP contribution in [-0.4, -0.2) is 30.8 Å². The SMILES string of the molecule is C[C@@H](NCCNC(=O)OC(C)(C)C)C1CCCCCC1. The van der Waals surface area contributed by atoms with E-state index in [4.69, 9.17) is 4.74 Å². The Kier molecular flexibility index (Phi) is 7.35. The number of ether oxygens (including phenoxy) is 1. The summed E-state index contributed by atoms with van der Waals surface area (Å²) in [6, 6.07) is 0.536. The minimum absolute atomic E-state index is 0.332. The topological polar surface area (TPSA) is 50.4 Å². The summed E-state index contributed by atoms with van der Waals surface area (Å²) in [5.74, 6) is 0.791. The van der Waals surface area contributed by atoms with Crippen LogP contribution in [0.3, 0.4) is 0 Å². The van der Waals surface area contributed by atoms with Crippen molar-refractivity contribution >= 4 is 6.09 Å². The van der Waals surface area contributed by atoms with Crippen molar-refractivity contribution in [2.24, 2.45) is 5.92 Å². The summed E-state index contributed by atoms with van der Waals surface area (Å²) >= 11 is 0. The Balaban J connectivity index is 2.12. The lowest BCUT2D eigenvalue weighted by Gasteiger charge is -2.24. The molecule has 1 aliphatic rings. The summed E-state index contributed by atoms with van der Waals surface area (Å²) in [5.41, 5.74) is -0.425. The smallest absolute Gasteiger partial charge is 0.407 e. The fourth-order valence-electron chi connectivity index (χ4n) is 2.76. The zero-order chi connectivity index (χ0) is 15.0. The second-order valence-electron chi connectivity index (χ2n) is 6.92. The molecule has 1 aliphatic carbocycles. The number of hydrogen-bond donors (Lipinski definition) is 2. The fraction of sp³-hybridized carbons (Fsp3) is 0.938. The highest BCUT2D eigenvalue weighted by Crippen LogP contribution is 2.25. The van der Waals surface area contributed by atoms with E-state index in [1.807, 2.05) is 20.8 Å². The van der Waals surface area contributed by atoms with Crippen molar-refractivity contribution < 1.29 is 9.53 Å². The van der Waals surface area contributed by atoms with Crippen molar-refractivity contribution in [2.45, 2.75) is 77.9 Å². The third kappa shape index (κ3) is 7.73. The minimum Gasteiger partial charge on any atom is -0.444 e. The van der Waals surface area contributed by atoms with Gasteiger partial charge in [0.1, 0.15) is 5.60 Å². The number of hydrogen-bond acceptors (Lipinski definition) is 3. The molecule has 0 aromatic rings. The lowest BCUT2D eigenvalue weighted by atomic mass is 9.93. The summed E-state index contributed by atoms with van der Waals surface area (Å²) in [4.78, 5) is 11.5. The lowest BCUT2D eigenvalue weighted by molar-refractivity contribution is 0.0527. The quantitative estimate of drug-likeness (QED) is 0.600. The van der Waals surface area contributed by atoms with Crippen molar-refractivity contribution in [3.05, 3.63) is 0 Å². The standard InChI is InChI=1S/C16H32N2O2/c1-13(14-9-7-5-6-8-10-14)17-11-12-18-15(19)20-16(2,3)4/h13-14,17H,5-12H2,1-4H3,(H,18,19)/t13-/m1/s1. The summed E-state index contributed by atoms with van der Waals surface area (Å²) in [6.07, 6.45) is 7.87. The van der Waals surface area contributed by atoms with Gasteiger partial charge in [0.25, 0.3) is 0 Å². The molecule has 1 atom stereocenters. The predicted octanol–water partition coefficient (Wildman–Crippen LogP) is 3.46. The molecule has 1 rings (SSSR count). The Morgan fingerprint density at radius 2 is 1.75 bits per heavy atom. The monoisotopic (exact) mass is 284 g/mol. The Hall–Kier alpha value is -0.770. The van der Waals surface area contributed by atoms with E-state index in [0.29, 0.717) is 12.6 Å². The van der Waals surface area contributed by atoms with E-state index in [-0.39, 0.29) is 6.09 Å². The Bertz CT molecular complexity index is 279. The highest BCUT2D eigenvalue weighted by atomic mass is 16.6. The first kappa shape index (κ1) is 17.3. The third-order valence-electron chi connectivity index (χ3n) is 3.87. The maximum Gasteiger partial charge on any atom is 0.407 e. The van der Waals surface area contributed by atoms with E-state index < -0.39 is 5.60 Å². The number of rotatable bonds is 5. The van der Waals surface area contributed by atoms with Gasteiger partial charge in [-0.15, -0.1) is 0 Å². The maximum absolute atomic E-state index is 11.5. The summed E-state index contributed by atoms with van der Waals surface area (Å²) in [6.45, 7) is 9.31. The van der Waals surface area contributed by atoms with Crippen LogP contribution in [-0.2, 0) is 4.74 Å². The van der Waals surface area contributed by atoms with Crippen LogP contribution in [0.1, 0.15) is 66.2 Å². The third-order valence-corrected chi connectivity index (χ3v) is 3.87. The molecule has 0 saturated heterocycles.